The molecule has 0 radical (unpaired) electrons. The number of hydrogen-bond acceptors (Lipinski definition) is 2. The van der Waals surface area contributed by atoms with E-state index < -0.39 is 0 Å². The maximum Gasteiger partial charge on any atom is 0.131 e. The summed E-state index contributed by atoms with van der Waals surface area (Å²) < 4.78 is 1.86. The smallest absolute Gasteiger partial charge is 0.131 e. The molecule has 3 nitrogen and oxygen atoms in total. The molecule has 1 aliphatic rings. The lowest BCUT2D eigenvalue weighted by atomic mass is 10.0. The van der Waals surface area contributed by atoms with E-state index in [2.05, 4.69) is 29.2 Å². The fourth-order valence-electron chi connectivity index (χ4n) is 2.11. The van der Waals surface area contributed by atoms with E-state index in [1.165, 1.54) is 24.0 Å². The van der Waals surface area contributed by atoms with Gasteiger partial charge in [0.05, 0.1) is 6.33 Å². The highest BCUT2D eigenvalue weighted by Gasteiger charge is 2.27. The third kappa shape index (κ3) is 1.40. The summed E-state index contributed by atoms with van der Waals surface area (Å²) in [6.07, 6.45) is 4.36. The molecule has 1 aromatic carbocycles. The number of aryl methyl sites for hydroxylation is 1. The summed E-state index contributed by atoms with van der Waals surface area (Å²) in [5.74, 6) is 1.46. The van der Waals surface area contributed by atoms with E-state index in [1.54, 1.807) is 6.33 Å². The van der Waals surface area contributed by atoms with Crippen LogP contribution in [0.4, 0.5) is 5.82 Å². The molecule has 0 spiro atoms. The van der Waals surface area contributed by atoms with Crippen LogP contribution < -0.4 is 5.73 Å². The molecule has 2 N–H and O–H groups in total. The van der Waals surface area contributed by atoms with Crippen molar-refractivity contribution in [2.75, 3.05) is 5.73 Å². The lowest BCUT2D eigenvalue weighted by Gasteiger charge is -2.07. The van der Waals surface area contributed by atoms with E-state index in [9.17, 15) is 0 Å². The average Bonchev–Trinajstić information content (AvgIpc) is 3.09. The summed E-state index contributed by atoms with van der Waals surface area (Å²) in [5, 5.41) is 0. The number of rotatable bonds is 2. The summed E-state index contributed by atoms with van der Waals surface area (Å²) >= 11 is 0. The summed E-state index contributed by atoms with van der Waals surface area (Å²) in [5.41, 5.74) is 9.54. The number of imidazole rings is 1. The number of nitrogens with zero attached hydrogens (tertiary/aromatic N) is 2. The van der Waals surface area contributed by atoms with Crippen LogP contribution in [0, 0.1) is 0 Å². The van der Waals surface area contributed by atoms with Gasteiger partial charge in [0.1, 0.15) is 11.5 Å². The van der Waals surface area contributed by atoms with Crippen molar-refractivity contribution in [1.82, 2.24) is 9.55 Å². The SMILES string of the molecule is Cn1cnc(-c2ccccc2C2CC2)c1N. The molecule has 82 valence electrons. The highest BCUT2D eigenvalue weighted by molar-refractivity contribution is 5.74. The molecule has 0 aliphatic heterocycles. The van der Waals surface area contributed by atoms with Crippen molar-refractivity contribution in [2.24, 2.45) is 7.05 Å². The summed E-state index contributed by atoms with van der Waals surface area (Å²) in [7, 11) is 1.92. The fraction of sp³-hybridized carbons (Fsp3) is 0.308. The van der Waals surface area contributed by atoms with Crippen LogP contribution in [-0.4, -0.2) is 9.55 Å². The van der Waals surface area contributed by atoms with Gasteiger partial charge >= 0.3 is 0 Å². The third-order valence-corrected chi connectivity index (χ3v) is 3.22. The van der Waals surface area contributed by atoms with Gasteiger partial charge in [-0.3, -0.25) is 0 Å². The molecule has 1 aliphatic carbocycles. The standard InChI is InChI=1S/C13H15N3/c1-16-8-15-12(13(16)14)11-5-3-2-4-10(11)9-6-7-9/h2-5,8-9H,6-7,14H2,1H3. The zero-order valence-corrected chi connectivity index (χ0v) is 9.35. The Morgan fingerprint density at radius 1 is 1.31 bits per heavy atom. The molecule has 1 heterocycles. The molecule has 16 heavy (non-hydrogen) atoms. The first-order valence-electron chi connectivity index (χ1n) is 5.63. The largest absolute Gasteiger partial charge is 0.383 e. The molecule has 0 atom stereocenters. The first kappa shape index (κ1) is 9.46. The fourth-order valence-corrected chi connectivity index (χ4v) is 2.11. The Morgan fingerprint density at radius 2 is 2.06 bits per heavy atom. The second-order valence-electron chi connectivity index (χ2n) is 4.45. The van der Waals surface area contributed by atoms with Crippen LogP contribution in [0.3, 0.4) is 0 Å². The van der Waals surface area contributed by atoms with Gasteiger partial charge in [-0.25, -0.2) is 4.98 Å². The summed E-state index contributed by atoms with van der Waals surface area (Å²) in [6, 6.07) is 8.46. The van der Waals surface area contributed by atoms with Crippen LogP contribution in [0.1, 0.15) is 24.3 Å². The summed E-state index contributed by atoms with van der Waals surface area (Å²) in [4.78, 5) is 4.39. The first-order valence-corrected chi connectivity index (χ1v) is 5.63. The quantitative estimate of drug-likeness (QED) is 0.833. The monoisotopic (exact) mass is 213 g/mol. The number of anilines is 1. The Kier molecular flexibility index (Phi) is 1.99. The molecule has 0 unspecified atom stereocenters. The Balaban J connectivity index is 2.15. The van der Waals surface area contributed by atoms with Gasteiger partial charge in [-0.05, 0) is 24.3 Å². The highest BCUT2D eigenvalue weighted by atomic mass is 15.1. The van der Waals surface area contributed by atoms with Crippen LogP contribution in [-0.2, 0) is 7.05 Å². The average molecular weight is 213 g/mol. The molecule has 3 heteroatoms. The van der Waals surface area contributed by atoms with E-state index in [0.29, 0.717) is 0 Å². The van der Waals surface area contributed by atoms with Gasteiger partial charge < -0.3 is 10.3 Å². The van der Waals surface area contributed by atoms with Crippen LogP contribution >= 0.6 is 0 Å². The Labute approximate surface area is 94.9 Å². The maximum absolute atomic E-state index is 6.02. The minimum atomic E-state index is 0.720. The minimum Gasteiger partial charge on any atom is -0.383 e. The van der Waals surface area contributed by atoms with Crippen molar-refractivity contribution in [3.63, 3.8) is 0 Å². The first-order chi connectivity index (χ1) is 7.77. The third-order valence-electron chi connectivity index (χ3n) is 3.22. The topological polar surface area (TPSA) is 43.8 Å². The number of benzene rings is 1. The Morgan fingerprint density at radius 3 is 2.69 bits per heavy atom. The second-order valence-corrected chi connectivity index (χ2v) is 4.45. The van der Waals surface area contributed by atoms with Crippen LogP contribution in [0.15, 0.2) is 30.6 Å². The van der Waals surface area contributed by atoms with Gasteiger partial charge in [-0.15, -0.1) is 0 Å². The Hall–Kier alpha value is -1.77. The van der Waals surface area contributed by atoms with E-state index in [0.717, 1.165) is 17.4 Å². The normalized spacial score (nSPS) is 15.3. The van der Waals surface area contributed by atoms with Crippen molar-refractivity contribution >= 4 is 5.82 Å². The van der Waals surface area contributed by atoms with Crippen LogP contribution in [0.5, 0.6) is 0 Å². The van der Waals surface area contributed by atoms with Gasteiger partial charge in [0.15, 0.2) is 0 Å². The zero-order chi connectivity index (χ0) is 11.1. The van der Waals surface area contributed by atoms with Gasteiger partial charge in [0.2, 0.25) is 0 Å². The molecular weight excluding hydrogens is 198 g/mol. The predicted molar refractivity (Wildman–Crippen MR) is 65.0 cm³/mol. The van der Waals surface area contributed by atoms with Crippen molar-refractivity contribution in [3.05, 3.63) is 36.2 Å². The molecule has 0 saturated heterocycles. The molecular formula is C13H15N3. The number of aromatic nitrogens is 2. The van der Waals surface area contributed by atoms with Gasteiger partial charge in [-0.1, -0.05) is 24.3 Å². The molecule has 1 aromatic heterocycles. The van der Waals surface area contributed by atoms with E-state index in [-0.39, 0.29) is 0 Å². The molecule has 1 fully saturated rings. The number of nitrogens with two attached hydrogens (primary N) is 1. The molecule has 3 rings (SSSR count). The molecule has 1 saturated carbocycles. The van der Waals surface area contributed by atoms with Gasteiger partial charge in [-0.2, -0.15) is 0 Å². The number of nitrogen functional groups attached to an aromatic ring is 1. The van der Waals surface area contributed by atoms with E-state index in [4.69, 9.17) is 5.73 Å². The van der Waals surface area contributed by atoms with Crippen molar-refractivity contribution < 1.29 is 0 Å². The number of hydrogen-bond donors (Lipinski definition) is 1. The van der Waals surface area contributed by atoms with Gasteiger partial charge in [0, 0.05) is 12.6 Å². The summed E-state index contributed by atoms with van der Waals surface area (Å²) in [6.45, 7) is 0. The van der Waals surface area contributed by atoms with E-state index >= 15 is 0 Å². The molecule has 2 aromatic rings. The maximum atomic E-state index is 6.02. The lowest BCUT2D eigenvalue weighted by molar-refractivity contribution is 0.925. The van der Waals surface area contributed by atoms with Crippen LogP contribution in [0.2, 0.25) is 0 Å². The van der Waals surface area contributed by atoms with Crippen LogP contribution in [0.25, 0.3) is 11.3 Å². The highest BCUT2D eigenvalue weighted by Crippen LogP contribution is 2.44. The van der Waals surface area contributed by atoms with Gasteiger partial charge in [0.25, 0.3) is 0 Å². The van der Waals surface area contributed by atoms with E-state index in [1.807, 2.05) is 11.6 Å². The zero-order valence-electron chi connectivity index (χ0n) is 9.35. The second kappa shape index (κ2) is 3.37. The Bertz CT molecular complexity index is 524. The van der Waals surface area contributed by atoms with Crippen molar-refractivity contribution in [1.29, 1.82) is 0 Å². The molecule has 0 amide bonds. The predicted octanol–water partition coefficient (Wildman–Crippen LogP) is 2.55. The minimum absolute atomic E-state index is 0.720. The molecule has 0 bridgehead atoms. The van der Waals surface area contributed by atoms with Crippen molar-refractivity contribution in [3.8, 4) is 11.3 Å². The lowest BCUT2D eigenvalue weighted by Crippen LogP contribution is -1.97. The van der Waals surface area contributed by atoms with Crippen molar-refractivity contribution in [2.45, 2.75) is 18.8 Å².